The minimum Gasteiger partial charge on any atom is -0.289 e. The van der Waals surface area contributed by atoms with Crippen LogP contribution >= 0.6 is 11.3 Å². The van der Waals surface area contributed by atoms with Crippen molar-refractivity contribution in [2.24, 2.45) is 0 Å². The Kier molecular flexibility index (Phi) is 2.82. The number of hydrogen-bond donors (Lipinski definition) is 0. The third-order valence-corrected chi connectivity index (χ3v) is 4.99. The van der Waals surface area contributed by atoms with E-state index >= 15 is 0 Å². The van der Waals surface area contributed by atoms with E-state index in [2.05, 4.69) is 66.9 Å². The molecule has 0 unspecified atom stereocenters. The van der Waals surface area contributed by atoms with E-state index < -0.39 is 0 Å². The maximum Gasteiger partial charge on any atom is 0.195 e. The molecule has 0 aliphatic heterocycles. The highest BCUT2D eigenvalue weighted by molar-refractivity contribution is 7.23. The van der Waals surface area contributed by atoms with Crippen molar-refractivity contribution in [3.63, 3.8) is 0 Å². The second-order valence-corrected chi connectivity index (χ2v) is 6.36. The van der Waals surface area contributed by atoms with Gasteiger partial charge in [-0.25, -0.2) is 4.98 Å². The zero-order valence-electron chi connectivity index (χ0n) is 12.1. The summed E-state index contributed by atoms with van der Waals surface area (Å²) in [5, 5.41) is 0. The van der Waals surface area contributed by atoms with E-state index in [1.807, 2.05) is 0 Å². The summed E-state index contributed by atoms with van der Waals surface area (Å²) in [6.45, 7) is 4.33. The van der Waals surface area contributed by atoms with Crippen LogP contribution in [0.1, 0.15) is 18.1 Å². The Labute approximate surface area is 127 Å². The number of aryl methyl sites for hydroxylation is 2. The van der Waals surface area contributed by atoms with Gasteiger partial charge in [-0.3, -0.25) is 4.40 Å². The zero-order chi connectivity index (χ0) is 14.4. The molecule has 0 fully saturated rings. The molecule has 0 spiro atoms. The van der Waals surface area contributed by atoms with Crippen molar-refractivity contribution in [2.75, 3.05) is 0 Å². The van der Waals surface area contributed by atoms with Gasteiger partial charge in [0, 0.05) is 11.8 Å². The van der Waals surface area contributed by atoms with Gasteiger partial charge in [-0.05, 0) is 30.5 Å². The van der Waals surface area contributed by atoms with Crippen molar-refractivity contribution in [2.45, 2.75) is 20.3 Å². The average Bonchev–Trinajstić information content (AvgIpc) is 3.05. The first-order valence-electron chi connectivity index (χ1n) is 7.23. The Balaban J connectivity index is 1.90. The van der Waals surface area contributed by atoms with Crippen LogP contribution in [-0.2, 0) is 6.42 Å². The number of imidazole rings is 1. The predicted octanol–water partition coefficient (Wildman–Crippen LogP) is 5.09. The summed E-state index contributed by atoms with van der Waals surface area (Å²) >= 11 is 1.75. The second kappa shape index (κ2) is 4.71. The van der Waals surface area contributed by atoms with Crippen molar-refractivity contribution in [3.05, 3.63) is 59.8 Å². The van der Waals surface area contributed by atoms with Gasteiger partial charge in [-0.2, -0.15) is 0 Å². The molecule has 2 aromatic carbocycles. The molecular weight excluding hydrogens is 276 g/mol. The lowest BCUT2D eigenvalue weighted by molar-refractivity contribution is 1.14. The van der Waals surface area contributed by atoms with Gasteiger partial charge < -0.3 is 0 Å². The summed E-state index contributed by atoms with van der Waals surface area (Å²) in [5.74, 6) is 0. The van der Waals surface area contributed by atoms with Crippen molar-refractivity contribution in [1.29, 1.82) is 0 Å². The monoisotopic (exact) mass is 292 g/mol. The number of para-hydroxylation sites is 1. The van der Waals surface area contributed by atoms with Gasteiger partial charge in [0.25, 0.3) is 0 Å². The maximum atomic E-state index is 4.80. The summed E-state index contributed by atoms with van der Waals surface area (Å²) in [6.07, 6.45) is 3.23. The van der Waals surface area contributed by atoms with E-state index in [4.69, 9.17) is 4.98 Å². The first-order chi connectivity index (χ1) is 10.3. The fourth-order valence-corrected chi connectivity index (χ4v) is 3.85. The van der Waals surface area contributed by atoms with Gasteiger partial charge >= 0.3 is 0 Å². The van der Waals surface area contributed by atoms with Crippen LogP contribution in [0.4, 0.5) is 0 Å². The normalized spacial score (nSPS) is 11.5. The Morgan fingerprint density at radius 2 is 1.90 bits per heavy atom. The molecule has 2 heterocycles. The maximum absolute atomic E-state index is 4.80. The van der Waals surface area contributed by atoms with E-state index in [0.717, 1.165) is 17.1 Å². The lowest BCUT2D eigenvalue weighted by Gasteiger charge is -1.99. The molecule has 0 radical (unpaired) electrons. The van der Waals surface area contributed by atoms with Gasteiger partial charge in [0.05, 0.1) is 15.9 Å². The fourth-order valence-electron chi connectivity index (χ4n) is 2.77. The first kappa shape index (κ1) is 12.6. The smallest absolute Gasteiger partial charge is 0.195 e. The van der Waals surface area contributed by atoms with Crippen LogP contribution in [0.2, 0.25) is 0 Å². The molecule has 3 heteroatoms. The summed E-state index contributed by atoms with van der Waals surface area (Å²) in [7, 11) is 0. The highest BCUT2D eigenvalue weighted by Crippen LogP contribution is 2.31. The third-order valence-electron chi connectivity index (χ3n) is 3.97. The van der Waals surface area contributed by atoms with Crippen molar-refractivity contribution < 1.29 is 0 Å². The van der Waals surface area contributed by atoms with Gasteiger partial charge in [-0.1, -0.05) is 54.7 Å². The number of aromatic nitrogens is 2. The molecule has 4 rings (SSSR count). The van der Waals surface area contributed by atoms with Crippen LogP contribution in [0.25, 0.3) is 26.4 Å². The minimum atomic E-state index is 1.05. The molecule has 2 aromatic heterocycles. The van der Waals surface area contributed by atoms with Gasteiger partial charge in [-0.15, -0.1) is 0 Å². The molecule has 0 amide bonds. The SMILES string of the molecule is CCc1ccc(-c2cn3c(n2)sc2cccc(C)c23)cc1. The van der Waals surface area contributed by atoms with Crippen LogP contribution in [-0.4, -0.2) is 9.38 Å². The summed E-state index contributed by atoms with van der Waals surface area (Å²) in [4.78, 5) is 5.86. The van der Waals surface area contributed by atoms with Crippen molar-refractivity contribution in [1.82, 2.24) is 9.38 Å². The number of hydrogen-bond acceptors (Lipinski definition) is 2. The van der Waals surface area contributed by atoms with E-state index in [1.165, 1.54) is 26.9 Å². The molecule has 0 atom stereocenters. The zero-order valence-corrected chi connectivity index (χ0v) is 12.9. The van der Waals surface area contributed by atoms with Gasteiger partial charge in [0.15, 0.2) is 4.96 Å². The van der Waals surface area contributed by atoms with Crippen molar-refractivity contribution in [3.8, 4) is 11.3 Å². The molecule has 0 bridgehead atoms. The van der Waals surface area contributed by atoms with E-state index in [9.17, 15) is 0 Å². The van der Waals surface area contributed by atoms with E-state index in [1.54, 1.807) is 11.3 Å². The molecule has 21 heavy (non-hydrogen) atoms. The molecule has 0 aliphatic rings. The Hall–Kier alpha value is -2.13. The van der Waals surface area contributed by atoms with Crippen molar-refractivity contribution >= 4 is 26.5 Å². The lowest BCUT2D eigenvalue weighted by Crippen LogP contribution is -1.82. The van der Waals surface area contributed by atoms with Crippen LogP contribution in [0.5, 0.6) is 0 Å². The Bertz CT molecular complexity index is 929. The lowest BCUT2D eigenvalue weighted by atomic mass is 10.1. The molecule has 0 N–H and O–H groups in total. The highest BCUT2D eigenvalue weighted by atomic mass is 32.1. The molecular formula is C18H16N2S. The standard InChI is InChI=1S/C18H16N2S/c1-3-13-7-9-14(10-8-13)15-11-20-17-12(2)5-4-6-16(17)21-18(20)19-15/h4-11H,3H2,1-2H3. The summed E-state index contributed by atoms with van der Waals surface area (Å²) in [5.41, 5.74) is 6.17. The van der Waals surface area contributed by atoms with Gasteiger partial charge in [0.2, 0.25) is 0 Å². The van der Waals surface area contributed by atoms with E-state index in [0.29, 0.717) is 0 Å². The molecule has 2 nitrogen and oxygen atoms in total. The quantitative estimate of drug-likeness (QED) is 0.503. The Morgan fingerprint density at radius 1 is 1.10 bits per heavy atom. The van der Waals surface area contributed by atoms with Gasteiger partial charge in [0.1, 0.15) is 0 Å². The number of nitrogens with zero attached hydrogens (tertiary/aromatic N) is 2. The molecule has 0 aliphatic carbocycles. The minimum absolute atomic E-state index is 1.05. The molecule has 0 saturated heterocycles. The number of thiazole rings is 1. The molecule has 0 saturated carbocycles. The topological polar surface area (TPSA) is 17.3 Å². The van der Waals surface area contributed by atoms with Crippen LogP contribution < -0.4 is 0 Å². The predicted molar refractivity (Wildman–Crippen MR) is 90.1 cm³/mol. The van der Waals surface area contributed by atoms with Crippen LogP contribution in [0.15, 0.2) is 48.7 Å². The average molecular weight is 292 g/mol. The first-order valence-corrected chi connectivity index (χ1v) is 8.04. The summed E-state index contributed by atoms with van der Waals surface area (Å²) in [6, 6.07) is 15.1. The number of fused-ring (bicyclic) bond motifs is 3. The third kappa shape index (κ3) is 1.96. The number of rotatable bonds is 2. The molecule has 104 valence electrons. The largest absolute Gasteiger partial charge is 0.289 e. The summed E-state index contributed by atoms with van der Waals surface area (Å²) < 4.78 is 3.52. The number of benzene rings is 2. The van der Waals surface area contributed by atoms with E-state index in [-0.39, 0.29) is 0 Å². The Morgan fingerprint density at radius 3 is 2.67 bits per heavy atom. The van der Waals surface area contributed by atoms with Crippen LogP contribution in [0, 0.1) is 6.92 Å². The van der Waals surface area contributed by atoms with Crippen LogP contribution in [0.3, 0.4) is 0 Å². The fraction of sp³-hybridized carbons (Fsp3) is 0.167. The highest BCUT2D eigenvalue weighted by Gasteiger charge is 2.11. The second-order valence-electron chi connectivity index (χ2n) is 5.35. The molecule has 4 aromatic rings.